The predicted octanol–water partition coefficient (Wildman–Crippen LogP) is 3.59. The molecule has 2 rings (SSSR count). The number of likely N-dealkylation sites (N-methyl/N-ethyl adjacent to an activating group) is 1. The lowest BCUT2D eigenvalue weighted by atomic mass is 10.0. The first kappa shape index (κ1) is 13.4. The van der Waals surface area contributed by atoms with Gasteiger partial charge in [-0.15, -0.1) is 0 Å². The molecule has 1 aromatic rings. The Morgan fingerprint density at radius 3 is 2.39 bits per heavy atom. The lowest BCUT2D eigenvalue weighted by Gasteiger charge is -2.33. The zero-order valence-corrected chi connectivity index (χ0v) is 11.6. The van der Waals surface area contributed by atoms with Gasteiger partial charge in [0.25, 0.3) is 0 Å². The molecule has 0 aromatic heterocycles. The molecule has 1 aliphatic carbocycles. The minimum absolute atomic E-state index is 0.356. The summed E-state index contributed by atoms with van der Waals surface area (Å²) >= 11 is 0. The Morgan fingerprint density at radius 2 is 1.83 bits per heavy atom. The van der Waals surface area contributed by atoms with Crippen molar-refractivity contribution in [3.8, 4) is 5.75 Å². The second-order valence-corrected chi connectivity index (χ2v) is 5.49. The Hall–Kier alpha value is -1.02. The molecule has 0 saturated heterocycles. The van der Waals surface area contributed by atoms with Crippen LogP contribution in [0.5, 0.6) is 5.75 Å². The second-order valence-electron chi connectivity index (χ2n) is 5.49. The van der Waals surface area contributed by atoms with Crippen LogP contribution in [0.2, 0.25) is 0 Å². The zero-order chi connectivity index (χ0) is 13.0. The second kappa shape index (κ2) is 6.24. The summed E-state index contributed by atoms with van der Waals surface area (Å²) in [5.74, 6) is 0.356. The molecule has 1 saturated carbocycles. The standard InChI is InChI=1S/C16H25NO/c1-3-17(15-6-4-5-7-15)13(2)12-14-8-10-16(18)11-9-14/h8-11,13,15,18H,3-7,12H2,1-2H3. The molecule has 1 unspecified atom stereocenters. The van der Waals surface area contributed by atoms with Gasteiger partial charge in [0, 0.05) is 12.1 Å². The summed E-state index contributed by atoms with van der Waals surface area (Å²) in [7, 11) is 0. The molecule has 0 bridgehead atoms. The largest absolute Gasteiger partial charge is 0.508 e. The number of hydrogen-bond donors (Lipinski definition) is 1. The molecule has 1 fully saturated rings. The molecule has 0 heterocycles. The van der Waals surface area contributed by atoms with Gasteiger partial charge in [-0.25, -0.2) is 0 Å². The first-order valence-corrected chi connectivity index (χ1v) is 7.24. The molecule has 2 nitrogen and oxygen atoms in total. The summed E-state index contributed by atoms with van der Waals surface area (Å²) in [6.07, 6.45) is 6.60. The van der Waals surface area contributed by atoms with Gasteiger partial charge in [-0.1, -0.05) is 31.9 Å². The average Bonchev–Trinajstić information content (AvgIpc) is 2.87. The van der Waals surface area contributed by atoms with Crippen molar-refractivity contribution in [3.63, 3.8) is 0 Å². The molecular formula is C16H25NO. The highest BCUT2D eigenvalue weighted by molar-refractivity contribution is 5.26. The van der Waals surface area contributed by atoms with Gasteiger partial charge in [0.15, 0.2) is 0 Å². The van der Waals surface area contributed by atoms with E-state index in [1.807, 2.05) is 12.1 Å². The maximum atomic E-state index is 9.31. The minimum atomic E-state index is 0.356. The van der Waals surface area contributed by atoms with Crippen LogP contribution in [-0.4, -0.2) is 28.6 Å². The molecule has 100 valence electrons. The third kappa shape index (κ3) is 3.26. The predicted molar refractivity (Wildman–Crippen MR) is 75.9 cm³/mol. The fourth-order valence-electron chi connectivity index (χ4n) is 3.26. The van der Waals surface area contributed by atoms with E-state index in [0.29, 0.717) is 11.8 Å². The first-order chi connectivity index (χ1) is 8.70. The number of nitrogens with zero attached hydrogens (tertiary/aromatic N) is 1. The van der Waals surface area contributed by atoms with E-state index in [-0.39, 0.29) is 0 Å². The summed E-state index contributed by atoms with van der Waals surface area (Å²) in [6, 6.07) is 9.02. The summed E-state index contributed by atoms with van der Waals surface area (Å²) in [5.41, 5.74) is 1.32. The van der Waals surface area contributed by atoms with Crippen LogP contribution in [0.15, 0.2) is 24.3 Å². The van der Waals surface area contributed by atoms with Crippen LogP contribution in [0.3, 0.4) is 0 Å². The molecule has 2 heteroatoms. The zero-order valence-electron chi connectivity index (χ0n) is 11.6. The topological polar surface area (TPSA) is 23.5 Å². The molecule has 0 spiro atoms. The minimum Gasteiger partial charge on any atom is -0.508 e. The number of phenols is 1. The molecule has 1 atom stereocenters. The van der Waals surface area contributed by atoms with E-state index in [4.69, 9.17) is 0 Å². The summed E-state index contributed by atoms with van der Waals surface area (Å²) in [6.45, 7) is 5.74. The number of rotatable bonds is 5. The van der Waals surface area contributed by atoms with Gasteiger partial charge in [-0.3, -0.25) is 4.90 Å². The lowest BCUT2D eigenvalue weighted by Crippen LogP contribution is -2.41. The molecule has 0 amide bonds. The maximum Gasteiger partial charge on any atom is 0.115 e. The SMILES string of the molecule is CCN(C(C)Cc1ccc(O)cc1)C1CCCC1. The van der Waals surface area contributed by atoms with E-state index in [1.54, 1.807) is 12.1 Å². The molecule has 18 heavy (non-hydrogen) atoms. The molecular weight excluding hydrogens is 222 g/mol. The van der Waals surface area contributed by atoms with Gasteiger partial charge >= 0.3 is 0 Å². The van der Waals surface area contributed by atoms with Crippen molar-refractivity contribution >= 4 is 0 Å². The Balaban J connectivity index is 1.96. The van der Waals surface area contributed by atoms with Gasteiger partial charge in [0.2, 0.25) is 0 Å². The Morgan fingerprint density at radius 1 is 1.22 bits per heavy atom. The van der Waals surface area contributed by atoms with Crippen LogP contribution in [-0.2, 0) is 6.42 Å². The Kier molecular flexibility index (Phi) is 4.65. The van der Waals surface area contributed by atoms with Crippen molar-refractivity contribution < 1.29 is 5.11 Å². The van der Waals surface area contributed by atoms with Gasteiger partial charge in [0.1, 0.15) is 5.75 Å². The van der Waals surface area contributed by atoms with Crippen LogP contribution in [0.4, 0.5) is 0 Å². The van der Waals surface area contributed by atoms with Crippen LogP contribution in [0.25, 0.3) is 0 Å². The normalized spacial score (nSPS) is 18.4. The van der Waals surface area contributed by atoms with Gasteiger partial charge in [-0.2, -0.15) is 0 Å². The van der Waals surface area contributed by atoms with Crippen molar-refractivity contribution in [2.24, 2.45) is 0 Å². The smallest absolute Gasteiger partial charge is 0.115 e. The van der Waals surface area contributed by atoms with E-state index in [0.717, 1.165) is 19.0 Å². The van der Waals surface area contributed by atoms with Crippen LogP contribution >= 0.6 is 0 Å². The van der Waals surface area contributed by atoms with Crippen molar-refractivity contribution in [3.05, 3.63) is 29.8 Å². The number of hydrogen-bond acceptors (Lipinski definition) is 2. The molecule has 0 aliphatic heterocycles. The van der Waals surface area contributed by atoms with E-state index < -0.39 is 0 Å². The van der Waals surface area contributed by atoms with Crippen LogP contribution in [0, 0.1) is 0 Å². The fraction of sp³-hybridized carbons (Fsp3) is 0.625. The molecule has 1 N–H and O–H groups in total. The van der Waals surface area contributed by atoms with E-state index in [9.17, 15) is 5.11 Å². The van der Waals surface area contributed by atoms with Gasteiger partial charge < -0.3 is 5.11 Å². The third-order valence-electron chi connectivity index (χ3n) is 4.19. The average molecular weight is 247 g/mol. The monoisotopic (exact) mass is 247 g/mol. The molecule has 1 aromatic carbocycles. The van der Waals surface area contributed by atoms with Crippen molar-refractivity contribution in [2.75, 3.05) is 6.54 Å². The highest BCUT2D eigenvalue weighted by atomic mass is 16.3. The van der Waals surface area contributed by atoms with E-state index in [1.165, 1.54) is 31.2 Å². The highest BCUT2D eigenvalue weighted by Gasteiger charge is 2.25. The van der Waals surface area contributed by atoms with Gasteiger partial charge in [-0.05, 0) is 50.4 Å². The van der Waals surface area contributed by atoms with Crippen molar-refractivity contribution in [1.29, 1.82) is 0 Å². The molecule has 0 radical (unpaired) electrons. The number of phenolic OH excluding ortho intramolecular Hbond substituents is 1. The Labute approximate surface area is 111 Å². The fourth-order valence-corrected chi connectivity index (χ4v) is 3.26. The number of aromatic hydroxyl groups is 1. The summed E-state index contributed by atoms with van der Waals surface area (Å²) < 4.78 is 0. The third-order valence-corrected chi connectivity index (χ3v) is 4.19. The van der Waals surface area contributed by atoms with Crippen molar-refractivity contribution in [2.45, 2.75) is 58.0 Å². The number of benzene rings is 1. The highest BCUT2D eigenvalue weighted by Crippen LogP contribution is 2.26. The summed E-state index contributed by atoms with van der Waals surface area (Å²) in [5, 5.41) is 9.31. The van der Waals surface area contributed by atoms with E-state index >= 15 is 0 Å². The maximum absolute atomic E-state index is 9.31. The lowest BCUT2D eigenvalue weighted by molar-refractivity contribution is 0.153. The first-order valence-electron chi connectivity index (χ1n) is 7.24. The van der Waals surface area contributed by atoms with Crippen LogP contribution < -0.4 is 0 Å². The van der Waals surface area contributed by atoms with E-state index in [2.05, 4.69) is 18.7 Å². The molecule has 1 aliphatic rings. The van der Waals surface area contributed by atoms with Crippen molar-refractivity contribution in [1.82, 2.24) is 4.90 Å². The van der Waals surface area contributed by atoms with Gasteiger partial charge in [0.05, 0.1) is 0 Å². The quantitative estimate of drug-likeness (QED) is 0.859. The summed E-state index contributed by atoms with van der Waals surface area (Å²) in [4.78, 5) is 2.65. The van der Waals surface area contributed by atoms with Crippen LogP contribution in [0.1, 0.15) is 45.1 Å². The Bertz CT molecular complexity index is 354.